The van der Waals surface area contributed by atoms with Gasteiger partial charge in [0.15, 0.2) is 0 Å². The molecule has 1 unspecified atom stereocenters. The van der Waals surface area contributed by atoms with Gasteiger partial charge >= 0.3 is 0 Å². The van der Waals surface area contributed by atoms with Crippen molar-refractivity contribution in [2.75, 3.05) is 0 Å². The minimum absolute atomic E-state index is 0.471. The summed E-state index contributed by atoms with van der Waals surface area (Å²) >= 11 is 3.33. The molecule has 0 bridgehead atoms. The number of aliphatic hydroxyl groups is 1. The molecule has 5 heteroatoms. The summed E-state index contributed by atoms with van der Waals surface area (Å²) in [4.78, 5) is 4.25. The maximum absolute atomic E-state index is 10.2. The van der Waals surface area contributed by atoms with E-state index in [2.05, 4.69) is 31.1 Å². The predicted octanol–water partition coefficient (Wildman–Crippen LogP) is 2.53. The quantitative estimate of drug-likeness (QED) is 0.946. The molecule has 0 aliphatic rings. The maximum Gasteiger partial charge on any atom is 0.0864 e. The molecule has 0 amide bonds. The van der Waals surface area contributed by atoms with E-state index in [4.69, 9.17) is 0 Å². The van der Waals surface area contributed by atoms with Crippen LogP contribution in [0.3, 0.4) is 0 Å². The molecule has 0 saturated heterocycles. The van der Waals surface area contributed by atoms with Gasteiger partial charge in [-0.2, -0.15) is 10.2 Å². The molecule has 18 heavy (non-hydrogen) atoms. The number of aromatic nitrogens is 3. The van der Waals surface area contributed by atoms with Gasteiger partial charge in [-0.1, -0.05) is 0 Å². The van der Waals surface area contributed by atoms with Crippen molar-refractivity contribution in [3.63, 3.8) is 0 Å². The topological polar surface area (TPSA) is 58.9 Å². The van der Waals surface area contributed by atoms with Crippen molar-refractivity contribution in [3.8, 4) is 0 Å². The van der Waals surface area contributed by atoms with Crippen LogP contribution in [-0.2, 0) is 6.42 Å². The summed E-state index contributed by atoms with van der Waals surface area (Å²) in [5, 5.41) is 18.2. The number of rotatable bonds is 3. The van der Waals surface area contributed by atoms with Crippen LogP contribution < -0.4 is 0 Å². The minimum atomic E-state index is -0.604. The van der Waals surface area contributed by atoms with Crippen LogP contribution in [0.2, 0.25) is 0 Å². The minimum Gasteiger partial charge on any atom is -0.388 e. The average Bonchev–Trinajstić information content (AvgIpc) is 2.35. The van der Waals surface area contributed by atoms with Gasteiger partial charge in [0.25, 0.3) is 0 Å². The molecule has 0 saturated carbocycles. The van der Waals surface area contributed by atoms with Gasteiger partial charge in [-0.05, 0) is 48.0 Å². The molecule has 4 nitrogen and oxygen atoms in total. The molecule has 1 atom stereocenters. The molecule has 2 aromatic rings. The third kappa shape index (κ3) is 3.11. The Labute approximate surface area is 114 Å². The van der Waals surface area contributed by atoms with Crippen LogP contribution in [0.5, 0.6) is 0 Å². The SMILES string of the molecule is Cc1cc(C(O)Cc2ccc(Br)cn2)c(C)nn1. The number of hydrogen-bond acceptors (Lipinski definition) is 4. The Morgan fingerprint density at radius 2 is 2.06 bits per heavy atom. The van der Waals surface area contributed by atoms with Crippen LogP contribution in [0.25, 0.3) is 0 Å². The number of aliphatic hydroxyl groups excluding tert-OH is 1. The highest BCUT2D eigenvalue weighted by Gasteiger charge is 2.13. The number of pyridine rings is 1. The van der Waals surface area contributed by atoms with Gasteiger partial charge in [0.1, 0.15) is 0 Å². The second kappa shape index (κ2) is 5.54. The lowest BCUT2D eigenvalue weighted by Gasteiger charge is -2.12. The molecular formula is C13H14BrN3O. The number of nitrogens with zero attached hydrogens (tertiary/aromatic N) is 3. The second-order valence-corrected chi connectivity index (χ2v) is 5.13. The van der Waals surface area contributed by atoms with Gasteiger partial charge < -0.3 is 5.11 Å². The molecule has 94 valence electrons. The molecular weight excluding hydrogens is 294 g/mol. The molecule has 0 aromatic carbocycles. The molecule has 0 fully saturated rings. The monoisotopic (exact) mass is 307 g/mol. The molecule has 1 N–H and O–H groups in total. The van der Waals surface area contributed by atoms with Gasteiger partial charge in [0, 0.05) is 28.3 Å². The summed E-state index contributed by atoms with van der Waals surface area (Å²) in [6.45, 7) is 3.71. The lowest BCUT2D eigenvalue weighted by molar-refractivity contribution is 0.175. The van der Waals surface area contributed by atoms with Crippen LogP contribution in [-0.4, -0.2) is 20.3 Å². The van der Waals surface area contributed by atoms with E-state index in [9.17, 15) is 5.11 Å². The summed E-state index contributed by atoms with van der Waals surface area (Å²) < 4.78 is 0.929. The van der Waals surface area contributed by atoms with Gasteiger partial charge in [-0.25, -0.2) is 0 Å². The van der Waals surface area contributed by atoms with Crippen LogP contribution in [0.1, 0.15) is 28.7 Å². The van der Waals surface area contributed by atoms with Crippen molar-refractivity contribution < 1.29 is 5.11 Å². The van der Waals surface area contributed by atoms with E-state index in [1.807, 2.05) is 32.0 Å². The molecule has 2 rings (SSSR count). The van der Waals surface area contributed by atoms with Crippen molar-refractivity contribution in [1.29, 1.82) is 0 Å². The van der Waals surface area contributed by atoms with Crippen LogP contribution in [0.4, 0.5) is 0 Å². The Kier molecular flexibility index (Phi) is 4.04. The molecule has 2 heterocycles. The van der Waals surface area contributed by atoms with Gasteiger partial charge in [-0.15, -0.1) is 0 Å². The van der Waals surface area contributed by atoms with Crippen LogP contribution in [0, 0.1) is 13.8 Å². The predicted molar refractivity (Wildman–Crippen MR) is 72.1 cm³/mol. The Hall–Kier alpha value is -1.33. The Morgan fingerprint density at radius 1 is 1.28 bits per heavy atom. The first-order valence-corrected chi connectivity index (χ1v) is 6.45. The lowest BCUT2D eigenvalue weighted by Crippen LogP contribution is -2.07. The molecule has 2 aromatic heterocycles. The van der Waals surface area contributed by atoms with Gasteiger partial charge in [0.2, 0.25) is 0 Å². The van der Waals surface area contributed by atoms with Gasteiger partial charge in [-0.3, -0.25) is 4.98 Å². The standard InChI is InChI=1S/C13H14BrN3O/c1-8-5-12(9(2)17-16-8)13(18)6-11-4-3-10(14)7-15-11/h3-5,7,13,18H,6H2,1-2H3. The third-order valence-corrected chi connectivity index (χ3v) is 3.16. The fourth-order valence-corrected chi connectivity index (χ4v) is 1.98. The zero-order chi connectivity index (χ0) is 13.1. The fraction of sp³-hybridized carbons (Fsp3) is 0.308. The highest BCUT2D eigenvalue weighted by atomic mass is 79.9. The Bertz CT molecular complexity index is 542. The van der Waals surface area contributed by atoms with E-state index in [0.717, 1.165) is 27.1 Å². The first-order valence-electron chi connectivity index (χ1n) is 5.65. The smallest absolute Gasteiger partial charge is 0.0864 e. The zero-order valence-electron chi connectivity index (χ0n) is 10.3. The van der Waals surface area contributed by atoms with E-state index < -0.39 is 6.10 Å². The molecule has 0 radical (unpaired) electrons. The number of aryl methyl sites for hydroxylation is 2. The second-order valence-electron chi connectivity index (χ2n) is 4.21. The third-order valence-electron chi connectivity index (χ3n) is 2.69. The van der Waals surface area contributed by atoms with E-state index in [1.54, 1.807) is 6.20 Å². The zero-order valence-corrected chi connectivity index (χ0v) is 11.8. The average molecular weight is 308 g/mol. The highest BCUT2D eigenvalue weighted by Crippen LogP contribution is 2.20. The van der Waals surface area contributed by atoms with Crippen molar-refractivity contribution in [3.05, 3.63) is 51.5 Å². The lowest BCUT2D eigenvalue weighted by atomic mass is 10.0. The Morgan fingerprint density at radius 3 is 2.72 bits per heavy atom. The van der Waals surface area contributed by atoms with E-state index in [0.29, 0.717) is 6.42 Å². The normalized spacial score (nSPS) is 12.4. The summed E-state index contributed by atoms with van der Waals surface area (Å²) in [6, 6.07) is 5.67. The first kappa shape index (κ1) is 13.1. The highest BCUT2D eigenvalue weighted by molar-refractivity contribution is 9.10. The van der Waals surface area contributed by atoms with Crippen molar-refractivity contribution >= 4 is 15.9 Å². The summed E-state index contributed by atoms with van der Waals surface area (Å²) in [7, 11) is 0. The van der Waals surface area contributed by atoms with Crippen LogP contribution in [0.15, 0.2) is 28.9 Å². The van der Waals surface area contributed by atoms with E-state index >= 15 is 0 Å². The summed E-state index contributed by atoms with van der Waals surface area (Å²) in [6.07, 6.45) is 1.59. The summed E-state index contributed by atoms with van der Waals surface area (Å²) in [5.41, 5.74) is 3.22. The number of halogens is 1. The maximum atomic E-state index is 10.2. The first-order chi connectivity index (χ1) is 8.56. The largest absolute Gasteiger partial charge is 0.388 e. The number of hydrogen-bond donors (Lipinski definition) is 1. The van der Waals surface area contributed by atoms with Crippen molar-refractivity contribution in [1.82, 2.24) is 15.2 Å². The van der Waals surface area contributed by atoms with Gasteiger partial charge in [0.05, 0.1) is 17.5 Å². The van der Waals surface area contributed by atoms with Crippen molar-refractivity contribution in [2.24, 2.45) is 0 Å². The Balaban J connectivity index is 2.18. The van der Waals surface area contributed by atoms with Crippen LogP contribution >= 0.6 is 15.9 Å². The van der Waals surface area contributed by atoms with E-state index in [-0.39, 0.29) is 0 Å². The molecule has 0 aliphatic carbocycles. The van der Waals surface area contributed by atoms with E-state index in [1.165, 1.54) is 0 Å². The fourth-order valence-electron chi connectivity index (χ4n) is 1.74. The molecule has 0 aliphatic heterocycles. The molecule has 0 spiro atoms. The van der Waals surface area contributed by atoms with Crippen molar-refractivity contribution in [2.45, 2.75) is 26.4 Å². The summed E-state index contributed by atoms with van der Waals surface area (Å²) in [5.74, 6) is 0.